The fourth-order valence-electron chi connectivity index (χ4n) is 1.81. The van der Waals surface area contributed by atoms with Crippen molar-refractivity contribution in [2.45, 2.75) is 19.8 Å². The molecule has 2 nitrogen and oxygen atoms in total. The van der Waals surface area contributed by atoms with Crippen LogP contribution in [0, 0.1) is 5.82 Å². The number of halogens is 3. The lowest BCUT2D eigenvalue weighted by atomic mass is 10.0. The zero-order valence-corrected chi connectivity index (χ0v) is 14.3. The quantitative estimate of drug-likeness (QED) is 0.653. The van der Waals surface area contributed by atoms with Crippen LogP contribution in [-0.2, 0) is 0 Å². The van der Waals surface area contributed by atoms with Gasteiger partial charge in [0.1, 0.15) is 11.6 Å². The van der Waals surface area contributed by atoms with Gasteiger partial charge in [-0.1, -0.05) is 29.8 Å². The minimum Gasteiger partial charge on any atom is -0.455 e. The number of ether oxygens (including phenoxy) is 1. The van der Waals surface area contributed by atoms with Crippen molar-refractivity contribution >= 4 is 37.5 Å². The van der Waals surface area contributed by atoms with E-state index in [2.05, 4.69) is 45.7 Å². The summed E-state index contributed by atoms with van der Waals surface area (Å²) in [5.74, 6) is 1.04. The van der Waals surface area contributed by atoms with Crippen molar-refractivity contribution in [2.24, 2.45) is 0 Å². The lowest BCUT2D eigenvalue weighted by Gasteiger charge is -2.15. The summed E-state index contributed by atoms with van der Waals surface area (Å²) in [6, 6.07) is 8.56. The molecule has 0 aliphatic carbocycles. The van der Waals surface area contributed by atoms with E-state index in [4.69, 9.17) is 10.5 Å². The van der Waals surface area contributed by atoms with E-state index in [-0.39, 0.29) is 5.69 Å². The molecule has 0 bridgehead atoms. The van der Waals surface area contributed by atoms with Crippen LogP contribution in [0.4, 0.5) is 10.1 Å². The van der Waals surface area contributed by atoms with E-state index in [0.29, 0.717) is 21.9 Å². The van der Waals surface area contributed by atoms with E-state index in [1.165, 1.54) is 12.1 Å². The maximum atomic E-state index is 13.4. The molecular formula is C15H14Br2FNO. The maximum Gasteiger partial charge on any atom is 0.151 e. The predicted octanol–water partition coefficient (Wildman–Crippen LogP) is 5.85. The Kier molecular flexibility index (Phi) is 4.70. The average molecular weight is 403 g/mol. The number of benzene rings is 2. The fraction of sp³-hybridized carbons (Fsp3) is 0.200. The molecule has 0 unspecified atom stereocenters. The molecule has 0 radical (unpaired) electrons. The summed E-state index contributed by atoms with van der Waals surface area (Å²) >= 11 is 6.58. The van der Waals surface area contributed by atoms with Crippen LogP contribution in [0.25, 0.3) is 0 Å². The van der Waals surface area contributed by atoms with Gasteiger partial charge in [0.05, 0.1) is 10.2 Å². The largest absolute Gasteiger partial charge is 0.455 e. The summed E-state index contributed by atoms with van der Waals surface area (Å²) in [4.78, 5) is 0. The van der Waals surface area contributed by atoms with Crippen molar-refractivity contribution in [2.75, 3.05) is 5.73 Å². The number of nitrogen functional groups attached to an aromatic ring is 1. The molecule has 0 aliphatic rings. The molecule has 2 N–H and O–H groups in total. The lowest BCUT2D eigenvalue weighted by molar-refractivity contribution is 0.473. The summed E-state index contributed by atoms with van der Waals surface area (Å²) in [5, 5.41) is 0. The molecule has 2 rings (SSSR count). The molecule has 0 aliphatic heterocycles. The molecule has 5 heteroatoms. The minimum atomic E-state index is -0.408. The van der Waals surface area contributed by atoms with Crippen LogP contribution >= 0.6 is 31.9 Å². The van der Waals surface area contributed by atoms with Gasteiger partial charge >= 0.3 is 0 Å². The van der Waals surface area contributed by atoms with Crippen LogP contribution in [0.5, 0.6) is 11.5 Å². The third kappa shape index (κ3) is 3.33. The third-order valence-electron chi connectivity index (χ3n) is 2.87. The second-order valence-electron chi connectivity index (χ2n) is 4.74. The van der Waals surface area contributed by atoms with Gasteiger partial charge in [-0.25, -0.2) is 4.39 Å². The van der Waals surface area contributed by atoms with E-state index in [0.717, 1.165) is 10.0 Å². The standard InChI is InChI=1S/C15H14Br2FNO/c1-8(2)10-5-9(16)3-4-14(10)20-15-6-11(17)12(18)7-13(15)19/h3-8H,19H2,1-2H3. The smallest absolute Gasteiger partial charge is 0.151 e. The van der Waals surface area contributed by atoms with Gasteiger partial charge in [-0.2, -0.15) is 0 Å². The summed E-state index contributed by atoms with van der Waals surface area (Å²) in [6.45, 7) is 4.16. The normalized spacial score (nSPS) is 10.9. The van der Waals surface area contributed by atoms with E-state index in [1.54, 1.807) is 0 Å². The minimum absolute atomic E-state index is 0.267. The Labute approximate surface area is 134 Å². The summed E-state index contributed by atoms with van der Waals surface area (Å²) in [6.07, 6.45) is 0. The van der Waals surface area contributed by atoms with Crippen LogP contribution in [0.2, 0.25) is 0 Å². The molecular weight excluding hydrogens is 389 g/mol. The average Bonchev–Trinajstić information content (AvgIpc) is 2.37. The van der Waals surface area contributed by atoms with Crippen LogP contribution in [0.1, 0.15) is 25.3 Å². The molecule has 0 saturated carbocycles. The third-order valence-corrected chi connectivity index (χ3v) is 3.97. The number of hydrogen-bond donors (Lipinski definition) is 1. The van der Waals surface area contributed by atoms with Gasteiger partial charge in [-0.15, -0.1) is 0 Å². The molecule has 0 heterocycles. The Morgan fingerprint density at radius 3 is 2.45 bits per heavy atom. The van der Waals surface area contributed by atoms with Crippen molar-refractivity contribution < 1.29 is 9.13 Å². The van der Waals surface area contributed by atoms with E-state index >= 15 is 0 Å². The maximum absolute atomic E-state index is 13.4. The first-order valence-corrected chi connectivity index (χ1v) is 7.69. The summed E-state index contributed by atoms with van der Waals surface area (Å²) in [5.41, 5.74) is 7.12. The summed E-state index contributed by atoms with van der Waals surface area (Å²) < 4.78 is 20.5. The molecule has 0 atom stereocenters. The van der Waals surface area contributed by atoms with E-state index < -0.39 is 5.82 Å². The molecule has 20 heavy (non-hydrogen) atoms. The molecule has 106 valence electrons. The van der Waals surface area contributed by atoms with Gasteiger partial charge in [0.15, 0.2) is 5.75 Å². The number of anilines is 1. The van der Waals surface area contributed by atoms with Gasteiger partial charge in [-0.05, 0) is 45.6 Å². The van der Waals surface area contributed by atoms with Crippen LogP contribution in [0.3, 0.4) is 0 Å². The molecule has 0 fully saturated rings. The van der Waals surface area contributed by atoms with Crippen molar-refractivity contribution in [3.63, 3.8) is 0 Å². The van der Waals surface area contributed by atoms with Crippen LogP contribution in [0.15, 0.2) is 39.3 Å². The number of hydrogen-bond acceptors (Lipinski definition) is 2. The highest BCUT2D eigenvalue weighted by atomic mass is 79.9. The first kappa shape index (κ1) is 15.3. The molecule has 0 spiro atoms. The van der Waals surface area contributed by atoms with Crippen molar-refractivity contribution in [1.29, 1.82) is 0 Å². The summed E-state index contributed by atoms with van der Waals surface area (Å²) in [7, 11) is 0. The fourth-order valence-corrected chi connectivity index (χ4v) is 2.52. The lowest BCUT2D eigenvalue weighted by Crippen LogP contribution is -1.98. The Morgan fingerprint density at radius 2 is 1.80 bits per heavy atom. The van der Waals surface area contributed by atoms with Gasteiger partial charge in [-0.3, -0.25) is 0 Å². The Balaban J connectivity index is 2.42. The monoisotopic (exact) mass is 401 g/mol. The number of nitrogens with two attached hydrogens (primary N) is 1. The van der Waals surface area contributed by atoms with Gasteiger partial charge < -0.3 is 10.5 Å². The Hall–Kier alpha value is -1.07. The van der Waals surface area contributed by atoms with Crippen LogP contribution < -0.4 is 10.5 Å². The molecule has 2 aromatic rings. The highest BCUT2D eigenvalue weighted by Gasteiger charge is 2.13. The Bertz CT molecular complexity index is 644. The van der Waals surface area contributed by atoms with Gasteiger partial charge in [0.2, 0.25) is 0 Å². The topological polar surface area (TPSA) is 35.2 Å². The molecule has 0 aromatic heterocycles. The van der Waals surface area contributed by atoms with E-state index in [9.17, 15) is 4.39 Å². The SMILES string of the molecule is CC(C)c1cc(Br)ccc1Oc1cc(Br)c(F)cc1N. The first-order chi connectivity index (χ1) is 9.38. The highest BCUT2D eigenvalue weighted by molar-refractivity contribution is 9.10. The number of rotatable bonds is 3. The second kappa shape index (κ2) is 6.14. The van der Waals surface area contributed by atoms with Crippen molar-refractivity contribution in [3.05, 3.63) is 50.7 Å². The molecule has 2 aromatic carbocycles. The highest BCUT2D eigenvalue weighted by Crippen LogP contribution is 2.36. The van der Waals surface area contributed by atoms with E-state index in [1.807, 2.05) is 18.2 Å². The Morgan fingerprint density at radius 1 is 1.10 bits per heavy atom. The van der Waals surface area contributed by atoms with Gasteiger partial charge in [0.25, 0.3) is 0 Å². The van der Waals surface area contributed by atoms with Gasteiger partial charge in [0, 0.05) is 16.6 Å². The van der Waals surface area contributed by atoms with Crippen LogP contribution in [-0.4, -0.2) is 0 Å². The molecule has 0 amide bonds. The van der Waals surface area contributed by atoms with Crippen molar-refractivity contribution in [3.8, 4) is 11.5 Å². The second-order valence-corrected chi connectivity index (χ2v) is 6.51. The first-order valence-electron chi connectivity index (χ1n) is 6.10. The predicted molar refractivity (Wildman–Crippen MR) is 86.8 cm³/mol. The van der Waals surface area contributed by atoms with Crippen molar-refractivity contribution in [1.82, 2.24) is 0 Å². The zero-order valence-electron chi connectivity index (χ0n) is 11.1. The zero-order chi connectivity index (χ0) is 14.9. The molecule has 0 saturated heterocycles.